The number of likely N-dealkylation sites (N-methyl/N-ethyl adjacent to an activating group) is 1. The van der Waals surface area contributed by atoms with Crippen LogP contribution in [-0.2, 0) is 17.7 Å². The summed E-state index contributed by atoms with van der Waals surface area (Å²) >= 11 is 5.84. The number of hydrogen-bond acceptors (Lipinski definition) is 4. The molecule has 2 rings (SSSR count). The molecule has 0 aromatic carbocycles. The summed E-state index contributed by atoms with van der Waals surface area (Å²) in [6.07, 6.45) is 2.54. The quantitative estimate of drug-likeness (QED) is 0.550. The van der Waals surface area contributed by atoms with Gasteiger partial charge in [-0.1, -0.05) is 0 Å². The summed E-state index contributed by atoms with van der Waals surface area (Å²) in [4.78, 5) is 11.1. The summed E-state index contributed by atoms with van der Waals surface area (Å²) in [7, 11) is 4.07. The van der Waals surface area contributed by atoms with E-state index < -0.39 is 0 Å². The molecule has 0 aliphatic carbocycles. The highest BCUT2D eigenvalue weighted by Gasteiger charge is 2.10. The summed E-state index contributed by atoms with van der Waals surface area (Å²) in [6, 6.07) is 3.88. The van der Waals surface area contributed by atoms with Crippen LogP contribution in [0.15, 0.2) is 18.3 Å². The molecule has 0 saturated carbocycles. The highest BCUT2D eigenvalue weighted by atomic mass is 35.5. The Kier molecular flexibility index (Phi) is 5.76. The van der Waals surface area contributed by atoms with Crippen LogP contribution in [0.1, 0.15) is 5.82 Å². The summed E-state index contributed by atoms with van der Waals surface area (Å²) in [5.74, 6) is 1.54. The van der Waals surface area contributed by atoms with Crippen molar-refractivity contribution in [2.75, 3.05) is 39.7 Å². The topological polar surface area (TPSA) is 43.2 Å². The molecule has 0 aliphatic heterocycles. The van der Waals surface area contributed by atoms with E-state index in [0.717, 1.165) is 43.1 Å². The molecule has 0 bridgehead atoms. The van der Waals surface area contributed by atoms with E-state index in [0.29, 0.717) is 12.5 Å². The van der Waals surface area contributed by atoms with E-state index in [1.807, 2.05) is 26.2 Å². The Morgan fingerprint density at radius 3 is 2.95 bits per heavy atom. The summed E-state index contributed by atoms with van der Waals surface area (Å²) in [5, 5.41) is 0. The average Bonchev–Trinajstić information content (AvgIpc) is 2.76. The average molecular weight is 297 g/mol. The monoisotopic (exact) mass is 296 g/mol. The van der Waals surface area contributed by atoms with Crippen molar-refractivity contribution in [1.29, 1.82) is 0 Å². The number of hydrogen-bond donors (Lipinski definition) is 0. The van der Waals surface area contributed by atoms with E-state index >= 15 is 0 Å². The number of ether oxygens (including phenoxy) is 1. The second kappa shape index (κ2) is 7.57. The van der Waals surface area contributed by atoms with Gasteiger partial charge in [0.2, 0.25) is 0 Å². The number of halogens is 1. The Hall–Kier alpha value is -1.17. The standard InChI is InChI=1S/C14H21ClN4O/c1-18(2)8-10-20-11-9-19-13(5-6-15)17-12-4-3-7-16-14(12)19/h3-4,7H,5-6,8-11H2,1-2H3. The molecule has 0 spiro atoms. The summed E-state index contributed by atoms with van der Waals surface area (Å²) in [5.41, 5.74) is 1.82. The van der Waals surface area contributed by atoms with Crippen molar-refractivity contribution in [2.24, 2.45) is 0 Å². The molecule has 5 nitrogen and oxygen atoms in total. The number of pyridine rings is 1. The molecule has 2 aromatic heterocycles. The molecular formula is C14H21ClN4O. The molecule has 0 unspecified atom stereocenters. The van der Waals surface area contributed by atoms with Crippen molar-refractivity contribution in [3.05, 3.63) is 24.2 Å². The number of aryl methyl sites for hydroxylation is 1. The Morgan fingerprint density at radius 1 is 1.35 bits per heavy atom. The van der Waals surface area contributed by atoms with Gasteiger partial charge >= 0.3 is 0 Å². The van der Waals surface area contributed by atoms with E-state index in [4.69, 9.17) is 16.3 Å². The van der Waals surface area contributed by atoms with Crippen LogP contribution < -0.4 is 0 Å². The van der Waals surface area contributed by atoms with Crippen LogP contribution in [0.25, 0.3) is 11.2 Å². The first-order chi connectivity index (χ1) is 9.72. The second-order valence-electron chi connectivity index (χ2n) is 4.88. The van der Waals surface area contributed by atoms with Crippen LogP contribution in [-0.4, -0.2) is 59.2 Å². The fraction of sp³-hybridized carbons (Fsp3) is 0.571. The SMILES string of the molecule is CN(C)CCOCCn1c(CCCl)nc2cccnc21. The van der Waals surface area contributed by atoms with Gasteiger partial charge < -0.3 is 14.2 Å². The zero-order valence-corrected chi connectivity index (χ0v) is 12.8. The third-order valence-corrected chi connectivity index (χ3v) is 3.23. The molecule has 2 heterocycles. The van der Waals surface area contributed by atoms with Gasteiger partial charge in [-0.15, -0.1) is 11.6 Å². The maximum absolute atomic E-state index is 5.84. The van der Waals surface area contributed by atoms with Crippen LogP contribution in [0.3, 0.4) is 0 Å². The van der Waals surface area contributed by atoms with Gasteiger partial charge in [0.05, 0.1) is 13.2 Å². The lowest BCUT2D eigenvalue weighted by Crippen LogP contribution is -2.19. The lowest BCUT2D eigenvalue weighted by atomic mass is 10.4. The maximum Gasteiger partial charge on any atom is 0.160 e. The lowest BCUT2D eigenvalue weighted by Gasteiger charge is -2.11. The van der Waals surface area contributed by atoms with E-state index in [2.05, 4.69) is 19.4 Å². The molecular weight excluding hydrogens is 276 g/mol. The Morgan fingerprint density at radius 2 is 2.20 bits per heavy atom. The van der Waals surface area contributed by atoms with Crippen LogP contribution >= 0.6 is 11.6 Å². The van der Waals surface area contributed by atoms with Gasteiger partial charge in [-0.05, 0) is 26.2 Å². The molecule has 6 heteroatoms. The first-order valence-corrected chi connectivity index (χ1v) is 7.34. The van der Waals surface area contributed by atoms with Crippen molar-refractivity contribution in [2.45, 2.75) is 13.0 Å². The minimum Gasteiger partial charge on any atom is -0.378 e. The highest BCUT2D eigenvalue weighted by Crippen LogP contribution is 2.14. The normalized spacial score (nSPS) is 11.6. The Bertz CT molecular complexity index is 541. The fourth-order valence-corrected chi connectivity index (χ4v) is 2.19. The van der Waals surface area contributed by atoms with Gasteiger partial charge in [0, 0.05) is 31.6 Å². The largest absolute Gasteiger partial charge is 0.378 e. The van der Waals surface area contributed by atoms with E-state index in [1.165, 1.54) is 0 Å². The van der Waals surface area contributed by atoms with Crippen molar-refractivity contribution in [1.82, 2.24) is 19.4 Å². The summed E-state index contributed by atoms with van der Waals surface area (Å²) < 4.78 is 7.75. The van der Waals surface area contributed by atoms with E-state index in [9.17, 15) is 0 Å². The predicted molar refractivity (Wildman–Crippen MR) is 81.3 cm³/mol. The van der Waals surface area contributed by atoms with Crippen molar-refractivity contribution in [3.8, 4) is 0 Å². The highest BCUT2D eigenvalue weighted by molar-refractivity contribution is 6.17. The lowest BCUT2D eigenvalue weighted by molar-refractivity contribution is 0.111. The molecule has 0 saturated heterocycles. The van der Waals surface area contributed by atoms with E-state index in [1.54, 1.807) is 6.20 Å². The van der Waals surface area contributed by atoms with Crippen molar-refractivity contribution < 1.29 is 4.74 Å². The van der Waals surface area contributed by atoms with Gasteiger partial charge in [0.1, 0.15) is 11.3 Å². The molecule has 0 radical (unpaired) electrons. The smallest absolute Gasteiger partial charge is 0.160 e. The van der Waals surface area contributed by atoms with Gasteiger partial charge in [-0.3, -0.25) is 0 Å². The number of rotatable bonds is 8. The summed E-state index contributed by atoms with van der Waals surface area (Å²) in [6.45, 7) is 3.08. The maximum atomic E-state index is 5.84. The molecule has 0 aliphatic rings. The molecule has 2 aromatic rings. The van der Waals surface area contributed by atoms with Gasteiger partial charge in [-0.25, -0.2) is 9.97 Å². The van der Waals surface area contributed by atoms with Gasteiger partial charge in [0.25, 0.3) is 0 Å². The third kappa shape index (κ3) is 3.91. The number of alkyl halides is 1. The molecule has 20 heavy (non-hydrogen) atoms. The molecule has 0 amide bonds. The number of aromatic nitrogens is 3. The Balaban J connectivity index is 2.01. The van der Waals surface area contributed by atoms with Gasteiger partial charge in [-0.2, -0.15) is 0 Å². The van der Waals surface area contributed by atoms with Gasteiger partial charge in [0.15, 0.2) is 5.65 Å². The Labute approximate surface area is 124 Å². The van der Waals surface area contributed by atoms with Crippen LogP contribution in [0.5, 0.6) is 0 Å². The van der Waals surface area contributed by atoms with Crippen molar-refractivity contribution >= 4 is 22.8 Å². The fourth-order valence-electron chi connectivity index (χ4n) is 2.02. The van der Waals surface area contributed by atoms with Crippen LogP contribution in [0.4, 0.5) is 0 Å². The minimum atomic E-state index is 0.560. The first kappa shape index (κ1) is 15.2. The zero-order chi connectivity index (χ0) is 14.4. The van der Waals surface area contributed by atoms with Crippen molar-refractivity contribution in [3.63, 3.8) is 0 Å². The molecule has 0 fully saturated rings. The van der Waals surface area contributed by atoms with Crippen LogP contribution in [0, 0.1) is 0 Å². The van der Waals surface area contributed by atoms with E-state index in [-0.39, 0.29) is 0 Å². The van der Waals surface area contributed by atoms with Crippen LogP contribution in [0.2, 0.25) is 0 Å². The number of imidazole rings is 1. The predicted octanol–water partition coefficient (Wildman–Crippen LogP) is 1.79. The molecule has 0 N–H and O–H groups in total. The molecule has 110 valence electrons. The molecule has 0 atom stereocenters. The number of fused-ring (bicyclic) bond motifs is 1. The zero-order valence-electron chi connectivity index (χ0n) is 12.0. The first-order valence-electron chi connectivity index (χ1n) is 6.81. The second-order valence-corrected chi connectivity index (χ2v) is 5.26. The number of nitrogens with zero attached hydrogens (tertiary/aromatic N) is 4. The third-order valence-electron chi connectivity index (χ3n) is 3.04. The minimum absolute atomic E-state index is 0.560.